The van der Waals surface area contributed by atoms with Gasteiger partial charge in [-0.2, -0.15) is 0 Å². The van der Waals surface area contributed by atoms with Gasteiger partial charge in [0.2, 0.25) is 0 Å². The second kappa shape index (κ2) is 6.45. The standard InChI is InChI=1S/C8H11N3.2BrH/c1-3-7(9-4-1)8-10-5-2-6-11-8;;/h2,5-7,9H,1,3-4H2;2*1H/t7-;;/m0../s1. The smallest absolute Gasteiger partial charge is 0.145 e. The first-order valence-corrected chi connectivity index (χ1v) is 3.97. The molecule has 0 amide bonds. The van der Waals surface area contributed by atoms with E-state index in [2.05, 4.69) is 15.3 Å². The first-order valence-electron chi connectivity index (χ1n) is 3.97. The lowest BCUT2D eigenvalue weighted by Crippen LogP contribution is -2.15. The van der Waals surface area contributed by atoms with Crippen LogP contribution >= 0.6 is 34.0 Å². The van der Waals surface area contributed by atoms with E-state index in [0.29, 0.717) is 6.04 Å². The van der Waals surface area contributed by atoms with Gasteiger partial charge in [0.1, 0.15) is 5.82 Å². The molecule has 0 radical (unpaired) electrons. The summed E-state index contributed by atoms with van der Waals surface area (Å²) in [5, 5.41) is 3.35. The zero-order valence-electron chi connectivity index (χ0n) is 7.14. The molecule has 0 unspecified atom stereocenters. The van der Waals surface area contributed by atoms with Gasteiger partial charge in [0.15, 0.2) is 0 Å². The number of hydrogen-bond donors (Lipinski definition) is 1. The minimum atomic E-state index is 0. The van der Waals surface area contributed by atoms with Crippen LogP contribution in [-0.4, -0.2) is 16.5 Å². The Morgan fingerprint density at radius 2 is 1.92 bits per heavy atom. The highest BCUT2D eigenvalue weighted by molar-refractivity contribution is 8.93. The first kappa shape index (κ1) is 13.0. The summed E-state index contributed by atoms with van der Waals surface area (Å²) in [6.45, 7) is 1.10. The third-order valence-corrected chi connectivity index (χ3v) is 1.96. The van der Waals surface area contributed by atoms with Gasteiger partial charge in [0.05, 0.1) is 6.04 Å². The predicted molar refractivity (Wildman–Crippen MR) is 62.7 cm³/mol. The Bertz CT molecular complexity index is 224. The molecule has 1 aliphatic heterocycles. The SMILES string of the molecule is Br.Br.c1cnc([C@@H]2CCCN2)nc1. The van der Waals surface area contributed by atoms with Crippen molar-refractivity contribution in [2.75, 3.05) is 6.54 Å². The van der Waals surface area contributed by atoms with Crippen molar-refractivity contribution < 1.29 is 0 Å². The molecule has 74 valence electrons. The normalized spacial score (nSPS) is 20.2. The van der Waals surface area contributed by atoms with Crippen molar-refractivity contribution in [3.63, 3.8) is 0 Å². The maximum absolute atomic E-state index is 4.19. The molecule has 0 spiro atoms. The number of nitrogens with zero attached hydrogens (tertiary/aromatic N) is 2. The summed E-state index contributed by atoms with van der Waals surface area (Å²) in [4.78, 5) is 8.37. The molecule has 5 heteroatoms. The lowest BCUT2D eigenvalue weighted by molar-refractivity contribution is 0.604. The van der Waals surface area contributed by atoms with E-state index in [0.717, 1.165) is 12.4 Å². The van der Waals surface area contributed by atoms with Crippen LogP contribution in [0.4, 0.5) is 0 Å². The van der Waals surface area contributed by atoms with Crippen molar-refractivity contribution in [3.05, 3.63) is 24.3 Å². The average Bonchev–Trinajstić information content (AvgIpc) is 2.58. The Balaban J connectivity index is 0.000000720. The molecule has 1 aromatic rings. The predicted octanol–water partition coefficient (Wildman–Crippen LogP) is 2.06. The molecule has 0 aromatic carbocycles. The Kier molecular flexibility index (Phi) is 6.45. The topological polar surface area (TPSA) is 37.8 Å². The Morgan fingerprint density at radius 3 is 2.46 bits per heavy atom. The zero-order chi connectivity index (χ0) is 7.52. The van der Waals surface area contributed by atoms with Crippen LogP contribution in [0.1, 0.15) is 24.7 Å². The molecule has 0 aliphatic carbocycles. The van der Waals surface area contributed by atoms with Crippen molar-refractivity contribution in [1.82, 2.24) is 15.3 Å². The van der Waals surface area contributed by atoms with Crippen LogP contribution in [-0.2, 0) is 0 Å². The van der Waals surface area contributed by atoms with E-state index >= 15 is 0 Å². The van der Waals surface area contributed by atoms with Crippen molar-refractivity contribution in [2.45, 2.75) is 18.9 Å². The molecule has 2 heterocycles. The fraction of sp³-hybridized carbons (Fsp3) is 0.500. The summed E-state index contributed by atoms with van der Waals surface area (Å²) >= 11 is 0. The van der Waals surface area contributed by atoms with E-state index in [1.165, 1.54) is 12.8 Å². The molecule has 13 heavy (non-hydrogen) atoms. The van der Waals surface area contributed by atoms with Crippen molar-refractivity contribution in [2.24, 2.45) is 0 Å². The quantitative estimate of drug-likeness (QED) is 0.863. The maximum Gasteiger partial charge on any atom is 0.145 e. The minimum absolute atomic E-state index is 0. The van der Waals surface area contributed by atoms with Crippen LogP contribution in [0.15, 0.2) is 18.5 Å². The number of aromatic nitrogens is 2. The van der Waals surface area contributed by atoms with Crippen LogP contribution in [0.2, 0.25) is 0 Å². The number of rotatable bonds is 1. The fourth-order valence-electron chi connectivity index (χ4n) is 1.40. The second-order valence-electron chi connectivity index (χ2n) is 2.76. The van der Waals surface area contributed by atoms with E-state index in [9.17, 15) is 0 Å². The summed E-state index contributed by atoms with van der Waals surface area (Å²) < 4.78 is 0. The van der Waals surface area contributed by atoms with Crippen molar-refractivity contribution >= 4 is 34.0 Å². The van der Waals surface area contributed by atoms with Crippen LogP contribution in [0.5, 0.6) is 0 Å². The van der Waals surface area contributed by atoms with Gasteiger partial charge in [-0.1, -0.05) is 0 Å². The second-order valence-corrected chi connectivity index (χ2v) is 2.76. The summed E-state index contributed by atoms with van der Waals surface area (Å²) in [6, 6.07) is 2.24. The molecule has 1 N–H and O–H groups in total. The zero-order valence-corrected chi connectivity index (χ0v) is 10.6. The lowest BCUT2D eigenvalue weighted by Gasteiger charge is -2.06. The van der Waals surface area contributed by atoms with Gasteiger partial charge < -0.3 is 5.32 Å². The first-order chi connectivity index (χ1) is 5.47. The highest BCUT2D eigenvalue weighted by atomic mass is 79.9. The molecule has 0 saturated carbocycles. The molecule has 0 bridgehead atoms. The number of nitrogens with one attached hydrogen (secondary N) is 1. The Labute approximate surface area is 98.9 Å². The molecule has 1 aliphatic rings. The van der Waals surface area contributed by atoms with Gasteiger partial charge in [0.25, 0.3) is 0 Å². The number of hydrogen-bond acceptors (Lipinski definition) is 3. The third-order valence-electron chi connectivity index (χ3n) is 1.96. The largest absolute Gasteiger partial charge is 0.307 e. The molecule has 1 atom stereocenters. The van der Waals surface area contributed by atoms with Gasteiger partial charge >= 0.3 is 0 Å². The van der Waals surface area contributed by atoms with Gasteiger partial charge in [-0.25, -0.2) is 9.97 Å². The molecule has 2 rings (SSSR count). The van der Waals surface area contributed by atoms with E-state index in [-0.39, 0.29) is 34.0 Å². The van der Waals surface area contributed by atoms with Gasteiger partial charge in [-0.15, -0.1) is 34.0 Å². The van der Waals surface area contributed by atoms with Crippen molar-refractivity contribution in [1.29, 1.82) is 0 Å². The summed E-state index contributed by atoms with van der Waals surface area (Å²) in [5.74, 6) is 0.935. The summed E-state index contributed by atoms with van der Waals surface area (Å²) in [7, 11) is 0. The van der Waals surface area contributed by atoms with E-state index in [4.69, 9.17) is 0 Å². The molecule has 1 aromatic heterocycles. The van der Waals surface area contributed by atoms with Crippen LogP contribution in [0, 0.1) is 0 Å². The summed E-state index contributed by atoms with van der Waals surface area (Å²) in [5.41, 5.74) is 0. The Morgan fingerprint density at radius 1 is 1.23 bits per heavy atom. The van der Waals surface area contributed by atoms with Crippen molar-refractivity contribution in [3.8, 4) is 0 Å². The van der Waals surface area contributed by atoms with Crippen LogP contribution < -0.4 is 5.32 Å². The van der Waals surface area contributed by atoms with E-state index in [1.807, 2.05) is 6.07 Å². The maximum atomic E-state index is 4.19. The lowest BCUT2D eigenvalue weighted by atomic mass is 10.2. The van der Waals surface area contributed by atoms with Crippen LogP contribution in [0.25, 0.3) is 0 Å². The Hall–Kier alpha value is -0.0000000000000000555. The monoisotopic (exact) mass is 309 g/mol. The highest BCUT2D eigenvalue weighted by Crippen LogP contribution is 2.18. The summed E-state index contributed by atoms with van der Waals surface area (Å²) in [6.07, 6.45) is 6.00. The average molecular weight is 311 g/mol. The van der Waals surface area contributed by atoms with Crippen LogP contribution in [0.3, 0.4) is 0 Å². The third kappa shape index (κ3) is 3.32. The van der Waals surface area contributed by atoms with Gasteiger partial charge in [0, 0.05) is 12.4 Å². The van der Waals surface area contributed by atoms with Gasteiger partial charge in [-0.05, 0) is 25.5 Å². The molecule has 1 fully saturated rings. The molecule has 3 nitrogen and oxygen atoms in total. The minimum Gasteiger partial charge on any atom is -0.307 e. The highest BCUT2D eigenvalue weighted by Gasteiger charge is 2.17. The van der Waals surface area contributed by atoms with E-state index in [1.54, 1.807) is 12.4 Å². The molecular formula is C8H13Br2N3. The fourth-order valence-corrected chi connectivity index (χ4v) is 1.40. The van der Waals surface area contributed by atoms with E-state index < -0.39 is 0 Å². The molecule has 1 saturated heterocycles. The van der Waals surface area contributed by atoms with Gasteiger partial charge in [-0.3, -0.25) is 0 Å². The number of halogens is 2. The molecular weight excluding hydrogens is 298 g/mol.